The first-order chi connectivity index (χ1) is 8.59. The van der Waals surface area contributed by atoms with Crippen LogP contribution in [0.2, 0.25) is 0 Å². The number of hydrogen-bond acceptors (Lipinski definition) is 3. The number of carbonyl (C=O) groups is 3. The van der Waals surface area contributed by atoms with Crippen molar-refractivity contribution in [3.8, 4) is 0 Å². The number of urea groups is 1. The van der Waals surface area contributed by atoms with Crippen molar-refractivity contribution in [2.45, 2.75) is 19.4 Å². The van der Waals surface area contributed by atoms with Gasteiger partial charge in [-0.05, 0) is 12.5 Å². The predicted octanol–water partition coefficient (Wildman–Crippen LogP) is 1.26. The summed E-state index contributed by atoms with van der Waals surface area (Å²) in [6.07, 6.45) is 0.195. The quantitative estimate of drug-likeness (QED) is 0.813. The van der Waals surface area contributed by atoms with Gasteiger partial charge in [-0.2, -0.15) is 0 Å². The summed E-state index contributed by atoms with van der Waals surface area (Å²) in [5.74, 6) is -0.341. The minimum Gasteiger partial charge on any atom is -0.322 e. The lowest BCUT2D eigenvalue weighted by molar-refractivity contribution is -0.127. The lowest BCUT2D eigenvalue weighted by Crippen LogP contribution is -2.32. The van der Waals surface area contributed by atoms with Crippen molar-refractivity contribution < 1.29 is 14.4 Å². The van der Waals surface area contributed by atoms with Crippen LogP contribution in [0.3, 0.4) is 0 Å². The average Bonchev–Trinajstić information content (AvgIpc) is 2.63. The van der Waals surface area contributed by atoms with E-state index in [2.05, 4.69) is 5.32 Å². The molecule has 1 aliphatic rings. The zero-order valence-electron chi connectivity index (χ0n) is 10.1. The molecule has 0 aliphatic carbocycles. The SMILES string of the molecule is CC(=O)CCN1C(=O)NC(c2ccccc2)C1=O. The highest BCUT2D eigenvalue weighted by atomic mass is 16.2. The highest BCUT2D eigenvalue weighted by molar-refractivity contribution is 6.04. The van der Waals surface area contributed by atoms with Crippen molar-refractivity contribution in [2.24, 2.45) is 0 Å². The van der Waals surface area contributed by atoms with Crippen LogP contribution in [0.4, 0.5) is 4.79 Å². The molecule has 1 saturated heterocycles. The Hall–Kier alpha value is -2.17. The summed E-state index contributed by atoms with van der Waals surface area (Å²) in [5, 5.41) is 2.62. The fourth-order valence-electron chi connectivity index (χ4n) is 1.87. The number of benzene rings is 1. The van der Waals surface area contributed by atoms with Crippen LogP contribution in [0.25, 0.3) is 0 Å². The Labute approximate surface area is 105 Å². The van der Waals surface area contributed by atoms with Crippen LogP contribution in [0.5, 0.6) is 0 Å². The average molecular weight is 246 g/mol. The monoisotopic (exact) mass is 246 g/mol. The van der Waals surface area contributed by atoms with Gasteiger partial charge in [0.2, 0.25) is 0 Å². The largest absolute Gasteiger partial charge is 0.325 e. The molecule has 0 bridgehead atoms. The van der Waals surface area contributed by atoms with E-state index in [0.29, 0.717) is 0 Å². The van der Waals surface area contributed by atoms with E-state index in [9.17, 15) is 14.4 Å². The van der Waals surface area contributed by atoms with Crippen LogP contribution < -0.4 is 5.32 Å². The molecule has 1 N–H and O–H groups in total. The number of nitrogens with one attached hydrogen (secondary N) is 1. The Kier molecular flexibility index (Phi) is 3.41. The van der Waals surface area contributed by atoms with E-state index < -0.39 is 12.1 Å². The summed E-state index contributed by atoms with van der Waals surface area (Å²) in [7, 11) is 0. The Morgan fingerprint density at radius 2 is 1.94 bits per heavy atom. The zero-order valence-corrected chi connectivity index (χ0v) is 10.1. The third-order valence-corrected chi connectivity index (χ3v) is 2.85. The molecule has 1 heterocycles. The second kappa shape index (κ2) is 5.00. The first-order valence-electron chi connectivity index (χ1n) is 5.76. The summed E-state index contributed by atoms with van der Waals surface area (Å²) in [4.78, 5) is 35.7. The predicted molar refractivity (Wildman–Crippen MR) is 64.7 cm³/mol. The second-order valence-corrected chi connectivity index (χ2v) is 4.24. The van der Waals surface area contributed by atoms with E-state index in [1.54, 1.807) is 12.1 Å². The highest BCUT2D eigenvalue weighted by Crippen LogP contribution is 2.21. The van der Waals surface area contributed by atoms with Crippen molar-refractivity contribution in [1.29, 1.82) is 0 Å². The second-order valence-electron chi connectivity index (χ2n) is 4.24. The topological polar surface area (TPSA) is 66.5 Å². The Morgan fingerprint density at radius 3 is 2.56 bits per heavy atom. The molecule has 0 radical (unpaired) electrons. The van der Waals surface area contributed by atoms with Gasteiger partial charge in [-0.3, -0.25) is 14.5 Å². The lowest BCUT2D eigenvalue weighted by Gasteiger charge is -2.11. The van der Waals surface area contributed by atoms with Gasteiger partial charge in [-0.25, -0.2) is 4.79 Å². The molecule has 2 rings (SSSR count). The fourth-order valence-corrected chi connectivity index (χ4v) is 1.87. The number of imide groups is 1. The van der Waals surface area contributed by atoms with Gasteiger partial charge in [0, 0.05) is 13.0 Å². The summed E-state index contributed by atoms with van der Waals surface area (Å²) >= 11 is 0. The van der Waals surface area contributed by atoms with Crippen LogP contribution in [-0.4, -0.2) is 29.2 Å². The van der Waals surface area contributed by atoms with Crippen molar-refractivity contribution in [3.05, 3.63) is 35.9 Å². The van der Waals surface area contributed by atoms with Gasteiger partial charge in [-0.1, -0.05) is 30.3 Å². The van der Waals surface area contributed by atoms with E-state index in [1.807, 2.05) is 18.2 Å². The minimum atomic E-state index is -0.634. The summed E-state index contributed by atoms with van der Waals surface area (Å²) < 4.78 is 0. The molecule has 1 aliphatic heterocycles. The van der Waals surface area contributed by atoms with E-state index in [0.717, 1.165) is 10.5 Å². The number of rotatable bonds is 4. The third kappa shape index (κ3) is 2.40. The molecule has 1 aromatic carbocycles. The normalized spacial score (nSPS) is 18.9. The van der Waals surface area contributed by atoms with Gasteiger partial charge in [0.1, 0.15) is 11.8 Å². The van der Waals surface area contributed by atoms with Crippen LogP contribution in [0.15, 0.2) is 30.3 Å². The first kappa shape index (κ1) is 12.3. The molecular weight excluding hydrogens is 232 g/mol. The van der Waals surface area contributed by atoms with E-state index in [-0.39, 0.29) is 24.7 Å². The molecule has 0 spiro atoms. The van der Waals surface area contributed by atoms with Crippen LogP contribution in [-0.2, 0) is 9.59 Å². The molecular formula is C13H14N2O3. The van der Waals surface area contributed by atoms with Gasteiger partial charge < -0.3 is 5.32 Å². The zero-order chi connectivity index (χ0) is 13.1. The summed E-state index contributed by atoms with van der Waals surface area (Å²) in [6.45, 7) is 1.58. The third-order valence-electron chi connectivity index (χ3n) is 2.85. The number of nitrogens with zero attached hydrogens (tertiary/aromatic N) is 1. The first-order valence-corrected chi connectivity index (χ1v) is 5.76. The van der Waals surface area contributed by atoms with Crippen LogP contribution in [0.1, 0.15) is 24.9 Å². The number of amides is 3. The standard InChI is InChI=1S/C13H14N2O3/c1-9(16)7-8-15-12(17)11(14-13(15)18)10-5-3-2-4-6-10/h2-6,11H,7-8H2,1H3,(H,14,18). The van der Waals surface area contributed by atoms with E-state index in [1.165, 1.54) is 6.92 Å². The molecule has 0 saturated carbocycles. The lowest BCUT2D eigenvalue weighted by atomic mass is 10.1. The van der Waals surface area contributed by atoms with Crippen LogP contribution >= 0.6 is 0 Å². The van der Waals surface area contributed by atoms with Crippen LogP contribution in [0, 0.1) is 0 Å². The Morgan fingerprint density at radius 1 is 1.28 bits per heavy atom. The van der Waals surface area contributed by atoms with Crippen molar-refractivity contribution >= 4 is 17.7 Å². The maximum Gasteiger partial charge on any atom is 0.325 e. The molecule has 3 amide bonds. The maximum atomic E-state index is 12.1. The number of ketones is 1. The molecule has 18 heavy (non-hydrogen) atoms. The molecule has 1 unspecified atom stereocenters. The van der Waals surface area contributed by atoms with Gasteiger partial charge in [0.05, 0.1) is 0 Å². The van der Waals surface area contributed by atoms with Gasteiger partial charge in [-0.15, -0.1) is 0 Å². The van der Waals surface area contributed by atoms with E-state index >= 15 is 0 Å². The van der Waals surface area contributed by atoms with Crippen molar-refractivity contribution in [1.82, 2.24) is 10.2 Å². The number of Topliss-reactive ketones (excluding diaryl/α,β-unsaturated/α-hetero) is 1. The molecule has 5 nitrogen and oxygen atoms in total. The molecule has 94 valence electrons. The van der Waals surface area contributed by atoms with Gasteiger partial charge in [0.25, 0.3) is 5.91 Å². The maximum absolute atomic E-state index is 12.1. The minimum absolute atomic E-state index is 0.0428. The number of carbonyl (C=O) groups excluding carboxylic acids is 3. The Bertz CT molecular complexity index is 484. The smallest absolute Gasteiger partial charge is 0.322 e. The molecule has 1 fully saturated rings. The van der Waals surface area contributed by atoms with Crippen molar-refractivity contribution in [2.75, 3.05) is 6.54 Å². The Balaban J connectivity index is 2.12. The highest BCUT2D eigenvalue weighted by Gasteiger charge is 2.38. The van der Waals surface area contributed by atoms with Gasteiger partial charge >= 0.3 is 6.03 Å². The van der Waals surface area contributed by atoms with E-state index in [4.69, 9.17) is 0 Å². The molecule has 1 aromatic rings. The number of hydrogen-bond donors (Lipinski definition) is 1. The molecule has 0 aromatic heterocycles. The van der Waals surface area contributed by atoms with Gasteiger partial charge in [0.15, 0.2) is 0 Å². The molecule has 5 heteroatoms. The molecule has 1 atom stereocenters. The summed E-state index contributed by atoms with van der Waals surface area (Å²) in [5.41, 5.74) is 0.751. The summed E-state index contributed by atoms with van der Waals surface area (Å²) in [6, 6.07) is 7.98. The van der Waals surface area contributed by atoms with Crippen molar-refractivity contribution in [3.63, 3.8) is 0 Å². The fraction of sp³-hybridized carbons (Fsp3) is 0.308.